The first-order valence-electron chi connectivity index (χ1n) is 10.2. The third kappa shape index (κ3) is 7.10. The Labute approximate surface area is 185 Å². The number of amides is 2. The highest BCUT2D eigenvalue weighted by Gasteiger charge is 2.30. The van der Waals surface area contributed by atoms with Gasteiger partial charge in [0.25, 0.3) is 0 Å². The van der Waals surface area contributed by atoms with E-state index in [0.29, 0.717) is 5.69 Å². The number of sulfonamides is 1. The topological polar surface area (TPSA) is 86.8 Å². The summed E-state index contributed by atoms with van der Waals surface area (Å²) in [5.41, 5.74) is 2.29. The lowest BCUT2D eigenvalue weighted by Gasteiger charge is -2.32. The van der Waals surface area contributed by atoms with Crippen molar-refractivity contribution < 1.29 is 18.0 Å². The van der Waals surface area contributed by atoms with Crippen LogP contribution in [0.1, 0.15) is 31.9 Å². The van der Waals surface area contributed by atoms with Crippen molar-refractivity contribution in [2.75, 3.05) is 17.1 Å². The molecule has 1 atom stereocenters. The molecule has 0 unspecified atom stereocenters. The predicted octanol–water partition coefficient (Wildman–Crippen LogP) is 2.70. The summed E-state index contributed by atoms with van der Waals surface area (Å²) >= 11 is 0. The molecule has 0 radical (unpaired) electrons. The van der Waals surface area contributed by atoms with Crippen LogP contribution < -0.4 is 9.62 Å². The van der Waals surface area contributed by atoms with Crippen LogP contribution in [0.4, 0.5) is 5.69 Å². The average Bonchev–Trinajstić information content (AvgIpc) is 2.69. The van der Waals surface area contributed by atoms with Gasteiger partial charge in [0.1, 0.15) is 12.6 Å². The Balaban J connectivity index is 2.36. The standard InChI is InChI=1S/C23H31N3O4S/c1-17(2)24-23(28)19(4)25(15-20-11-9-10-18(3)14-20)22(27)16-26(31(5,29)30)21-12-7-6-8-13-21/h6-14,17,19H,15-16H2,1-5H3,(H,24,28)/t19-/m0/s1. The zero-order valence-corrected chi connectivity index (χ0v) is 19.5. The third-order valence-corrected chi connectivity index (χ3v) is 5.90. The van der Waals surface area contributed by atoms with Crippen molar-refractivity contribution in [1.29, 1.82) is 0 Å². The highest BCUT2D eigenvalue weighted by molar-refractivity contribution is 7.92. The number of carbonyl (C=O) groups excluding carboxylic acids is 2. The average molecular weight is 446 g/mol. The molecule has 2 aromatic rings. The first-order valence-corrected chi connectivity index (χ1v) is 12.0. The molecule has 0 saturated carbocycles. The van der Waals surface area contributed by atoms with E-state index in [9.17, 15) is 18.0 Å². The molecular weight excluding hydrogens is 414 g/mol. The van der Waals surface area contributed by atoms with Crippen molar-refractivity contribution in [2.45, 2.75) is 46.3 Å². The van der Waals surface area contributed by atoms with Gasteiger partial charge in [0.05, 0.1) is 11.9 Å². The second-order valence-corrected chi connectivity index (χ2v) is 9.86. The number of hydrogen-bond acceptors (Lipinski definition) is 4. The molecule has 0 aliphatic heterocycles. The lowest BCUT2D eigenvalue weighted by molar-refractivity contribution is -0.139. The van der Waals surface area contributed by atoms with Crippen LogP contribution in [-0.4, -0.2) is 50.0 Å². The molecule has 0 spiro atoms. The van der Waals surface area contributed by atoms with Crippen molar-refractivity contribution >= 4 is 27.5 Å². The molecule has 2 amide bonds. The van der Waals surface area contributed by atoms with E-state index in [4.69, 9.17) is 0 Å². The first kappa shape index (κ1) is 24.4. The van der Waals surface area contributed by atoms with Crippen molar-refractivity contribution in [1.82, 2.24) is 10.2 Å². The summed E-state index contributed by atoms with van der Waals surface area (Å²) in [5, 5.41) is 2.83. The van der Waals surface area contributed by atoms with E-state index in [1.165, 1.54) is 4.90 Å². The van der Waals surface area contributed by atoms with Crippen molar-refractivity contribution in [3.63, 3.8) is 0 Å². The summed E-state index contributed by atoms with van der Waals surface area (Å²) in [6.07, 6.45) is 1.06. The zero-order chi connectivity index (χ0) is 23.2. The summed E-state index contributed by atoms with van der Waals surface area (Å²) in [7, 11) is -3.71. The molecule has 0 aromatic heterocycles. The van der Waals surface area contributed by atoms with Crippen molar-refractivity contribution in [2.24, 2.45) is 0 Å². The van der Waals surface area contributed by atoms with E-state index in [1.807, 2.05) is 45.0 Å². The molecular formula is C23H31N3O4S. The SMILES string of the molecule is Cc1cccc(CN(C(=O)CN(c2ccccc2)S(C)(=O)=O)[C@@H](C)C(=O)NC(C)C)c1. The second-order valence-electron chi connectivity index (χ2n) is 7.96. The summed E-state index contributed by atoms with van der Waals surface area (Å²) in [4.78, 5) is 27.4. The largest absolute Gasteiger partial charge is 0.352 e. The van der Waals surface area contributed by atoms with Crippen LogP contribution in [0.15, 0.2) is 54.6 Å². The number of rotatable bonds is 9. The normalized spacial score (nSPS) is 12.3. The van der Waals surface area contributed by atoms with Gasteiger partial charge in [-0.2, -0.15) is 0 Å². The fraction of sp³-hybridized carbons (Fsp3) is 0.391. The summed E-state index contributed by atoms with van der Waals surface area (Å²) in [5.74, 6) is -0.746. The van der Waals surface area contributed by atoms with E-state index in [-0.39, 0.29) is 18.5 Å². The molecule has 0 aliphatic rings. The number of benzene rings is 2. The van der Waals surface area contributed by atoms with Crippen LogP contribution in [0.5, 0.6) is 0 Å². The summed E-state index contributed by atoms with van der Waals surface area (Å²) in [6.45, 7) is 7.09. The third-order valence-electron chi connectivity index (χ3n) is 4.76. The van der Waals surface area contributed by atoms with Gasteiger partial charge in [-0.05, 0) is 45.4 Å². The van der Waals surface area contributed by atoms with Gasteiger partial charge < -0.3 is 10.2 Å². The molecule has 0 aliphatic carbocycles. The van der Waals surface area contributed by atoms with Gasteiger partial charge in [-0.25, -0.2) is 8.42 Å². The fourth-order valence-corrected chi connectivity index (χ4v) is 4.05. The van der Waals surface area contributed by atoms with Crippen LogP contribution in [-0.2, 0) is 26.2 Å². The molecule has 8 heteroatoms. The van der Waals surface area contributed by atoms with E-state index < -0.39 is 28.5 Å². The van der Waals surface area contributed by atoms with Gasteiger partial charge in [-0.15, -0.1) is 0 Å². The maximum absolute atomic E-state index is 13.3. The maximum Gasteiger partial charge on any atom is 0.244 e. The van der Waals surface area contributed by atoms with Crippen LogP contribution in [0, 0.1) is 6.92 Å². The molecule has 1 N–H and O–H groups in total. The van der Waals surface area contributed by atoms with Crippen molar-refractivity contribution in [3.8, 4) is 0 Å². The minimum atomic E-state index is -3.71. The van der Waals surface area contributed by atoms with Crippen LogP contribution >= 0.6 is 0 Å². The number of aryl methyl sites for hydroxylation is 1. The first-order chi connectivity index (χ1) is 14.5. The highest BCUT2D eigenvalue weighted by Crippen LogP contribution is 2.18. The van der Waals surface area contributed by atoms with Gasteiger partial charge in [0, 0.05) is 12.6 Å². The molecule has 0 saturated heterocycles. The molecule has 31 heavy (non-hydrogen) atoms. The number of hydrogen-bond donors (Lipinski definition) is 1. The highest BCUT2D eigenvalue weighted by atomic mass is 32.2. The predicted molar refractivity (Wildman–Crippen MR) is 123 cm³/mol. The Morgan fingerprint density at radius 2 is 1.65 bits per heavy atom. The lowest BCUT2D eigenvalue weighted by atomic mass is 10.1. The molecule has 0 bridgehead atoms. The fourth-order valence-electron chi connectivity index (χ4n) is 3.20. The minimum Gasteiger partial charge on any atom is -0.352 e. The molecule has 0 heterocycles. The van der Waals surface area contributed by atoms with E-state index in [1.54, 1.807) is 37.3 Å². The van der Waals surface area contributed by atoms with Gasteiger partial charge in [0.15, 0.2) is 0 Å². The Morgan fingerprint density at radius 3 is 2.19 bits per heavy atom. The molecule has 7 nitrogen and oxygen atoms in total. The van der Waals surface area contributed by atoms with Gasteiger partial charge in [-0.3, -0.25) is 13.9 Å². The van der Waals surface area contributed by atoms with Crippen LogP contribution in [0.2, 0.25) is 0 Å². The van der Waals surface area contributed by atoms with E-state index >= 15 is 0 Å². The number of carbonyl (C=O) groups is 2. The zero-order valence-electron chi connectivity index (χ0n) is 18.7. The quantitative estimate of drug-likeness (QED) is 0.643. The summed E-state index contributed by atoms with van der Waals surface area (Å²) < 4.78 is 25.9. The second kappa shape index (κ2) is 10.4. The molecule has 0 fully saturated rings. The number of nitrogens with zero attached hydrogens (tertiary/aromatic N) is 2. The van der Waals surface area contributed by atoms with Crippen LogP contribution in [0.25, 0.3) is 0 Å². The summed E-state index contributed by atoms with van der Waals surface area (Å²) in [6, 6.07) is 15.3. The Hall–Kier alpha value is -2.87. The van der Waals surface area contributed by atoms with E-state index in [2.05, 4.69) is 5.32 Å². The van der Waals surface area contributed by atoms with Gasteiger partial charge in [0.2, 0.25) is 21.8 Å². The van der Waals surface area contributed by atoms with Crippen molar-refractivity contribution in [3.05, 3.63) is 65.7 Å². The van der Waals surface area contributed by atoms with Crippen LogP contribution in [0.3, 0.4) is 0 Å². The van der Waals surface area contributed by atoms with E-state index in [0.717, 1.165) is 21.7 Å². The van der Waals surface area contributed by atoms with Gasteiger partial charge >= 0.3 is 0 Å². The Morgan fingerprint density at radius 1 is 1.00 bits per heavy atom. The molecule has 168 valence electrons. The van der Waals surface area contributed by atoms with Gasteiger partial charge in [-0.1, -0.05) is 48.0 Å². The number of anilines is 1. The Kier molecular flexibility index (Phi) is 8.21. The lowest BCUT2D eigenvalue weighted by Crippen LogP contribution is -2.52. The molecule has 2 rings (SSSR count). The maximum atomic E-state index is 13.3. The monoisotopic (exact) mass is 445 g/mol. The minimum absolute atomic E-state index is 0.0808. The Bertz CT molecular complexity index is 1010. The number of para-hydroxylation sites is 1. The molecule has 2 aromatic carbocycles. The smallest absolute Gasteiger partial charge is 0.244 e. The number of nitrogens with one attached hydrogen (secondary N) is 1.